The van der Waals surface area contributed by atoms with Gasteiger partial charge in [0.1, 0.15) is 6.04 Å². The molecule has 16 heavy (non-hydrogen) atoms. The molecule has 1 aromatic carbocycles. The van der Waals surface area contributed by atoms with Crippen molar-refractivity contribution in [1.29, 1.82) is 5.26 Å². The summed E-state index contributed by atoms with van der Waals surface area (Å²) in [6, 6.07) is 8.20. The molecule has 0 bridgehead atoms. The van der Waals surface area contributed by atoms with Crippen LogP contribution in [-0.2, 0) is 11.3 Å². The summed E-state index contributed by atoms with van der Waals surface area (Å²) in [5.41, 5.74) is 6.91. The molecule has 0 aromatic heterocycles. The Bertz CT molecular complexity index is 395. The Kier molecular flexibility index (Phi) is 4.45. The van der Waals surface area contributed by atoms with Crippen LogP contribution in [0.15, 0.2) is 24.3 Å². The summed E-state index contributed by atoms with van der Waals surface area (Å²) in [6.45, 7) is 0.752. The summed E-state index contributed by atoms with van der Waals surface area (Å²) >= 11 is 0. The van der Waals surface area contributed by atoms with Gasteiger partial charge >= 0.3 is 5.97 Å². The Balaban J connectivity index is 2.38. The minimum atomic E-state index is -1.02. The van der Waals surface area contributed by atoms with Crippen LogP contribution in [0.25, 0.3) is 0 Å². The predicted octanol–water partition coefficient (Wildman–Crippen LogP) is 0.0598. The fourth-order valence-corrected chi connectivity index (χ4v) is 1.16. The normalized spacial score (nSPS) is 11.8. The molecule has 1 aromatic rings. The van der Waals surface area contributed by atoms with Gasteiger partial charge in [-0.25, -0.2) is 0 Å². The van der Waals surface area contributed by atoms with E-state index in [9.17, 15) is 4.79 Å². The second-order valence-corrected chi connectivity index (χ2v) is 3.38. The van der Waals surface area contributed by atoms with Crippen LogP contribution in [0.1, 0.15) is 11.1 Å². The quantitative estimate of drug-likeness (QED) is 0.650. The molecular formula is C11H13N3O2. The number of nitrogens with two attached hydrogens (primary N) is 1. The first kappa shape index (κ1) is 12.2. The average Bonchev–Trinajstić information content (AvgIpc) is 2.29. The van der Waals surface area contributed by atoms with E-state index in [0.717, 1.165) is 5.56 Å². The number of rotatable bonds is 5. The molecule has 5 nitrogen and oxygen atoms in total. The maximum Gasteiger partial charge on any atom is 0.321 e. The van der Waals surface area contributed by atoms with Crippen LogP contribution < -0.4 is 11.1 Å². The monoisotopic (exact) mass is 219 g/mol. The third-order valence-electron chi connectivity index (χ3n) is 2.09. The first-order valence-electron chi connectivity index (χ1n) is 4.81. The van der Waals surface area contributed by atoms with Crippen molar-refractivity contribution < 1.29 is 9.90 Å². The van der Waals surface area contributed by atoms with Gasteiger partial charge in [0.25, 0.3) is 0 Å². The van der Waals surface area contributed by atoms with Crippen LogP contribution in [0.5, 0.6) is 0 Å². The molecule has 5 heteroatoms. The maximum atomic E-state index is 10.4. The molecule has 0 aliphatic heterocycles. The third kappa shape index (κ3) is 3.69. The first-order chi connectivity index (χ1) is 7.63. The number of aliphatic carboxylic acids is 1. The lowest BCUT2D eigenvalue weighted by Crippen LogP contribution is -2.40. The molecule has 0 amide bonds. The van der Waals surface area contributed by atoms with Gasteiger partial charge in [0, 0.05) is 13.1 Å². The summed E-state index contributed by atoms with van der Waals surface area (Å²) in [5.74, 6) is -1.02. The van der Waals surface area contributed by atoms with E-state index in [2.05, 4.69) is 5.32 Å². The molecule has 0 aliphatic carbocycles. The average molecular weight is 219 g/mol. The number of carboxylic acid groups (broad SMARTS) is 1. The van der Waals surface area contributed by atoms with Crippen LogP contribution in [0.3, 0.4) is 0 Å². The number of benzene rings is 1. The Morgan fingerprint density at radius 1 is 1.50 bits per heavy atom. The highest BCUT2D eigenvalue weighted by Crippen LogP contribution is 2.02. The Hall–Kier alpha value is -1.90. The van der Waals surface area contributed by atoms with E-state index >= 15 is 0 Å². The van der Waals surface area contributed by atoms with Crippen molar-refractivity contribution in [3.63, 3.8) is 0 Å². The number of nitrogens with zero attached hydrogens (tertiary/aromatic N) is 1. The van der Waals surface area contributed by atoms with Gasteiger partial charge in [0.15, 0.2) is 0 Å². The van der Waals surface area contributed by atoms with E-state index in [-0.39, 0.29) is 6.54 Å². The van der Waals surface area contributed by atoms with Crippen LogP contribution in [0.4, 0.5) is 0 Å². The SMILES string of the molecule is N#Cc1ccc(CNCC(N)C(=O)O)cc1. The highest BCUT2D eigenvalue weighted by atomic mass is 16.4. The Labute approximate surface area is 93.5 Å². The zero-order valence-electron chi connectivity index (χ0n) is 8.68. The van der Waals surface area contributed by atoms with Crippen molar-refractivity contribution in [2.45, 2.75) is 12.6 Å². The second kappa shape index (κ2) is 5.85. The molecule has 0 heterocycles. The lowest BCUT2D eigenvalue weighted by Gasteiger charge is -2.08. The predicted molar refractivity (Wildman–Crippen MR) is 58.5 cm³/mol. The van der Waals surface area contributed by atoms with Gasteiger partial charge in [0.2, 0.25) is 0 Å². The molecule has 1 rings (SSSR count). The molecule has 0 spiro atoms. The van der Waals surface area contributed by atoms with Gasteiger partial charge < -0.3 is 16.2 Å². The molecule has 0 radical (unpaired) electrons. The summed E-state index contributed by atoms with van der Waals surface area (Å²) in [5, 5.41) is 20.1. The zero-order valence-corrected chi connectivity index (χ0v) is 8.68. The van der Waals surface area contributed by atoms with Gasteiger partial charge in [-0.05, 0) is 17.7 Å². The van der Waals surface area contributed by atoms with Gasteiger partial charge in [0.05, 0.1) is 11.6 Å². The molecule has 0 saturated carbocycles. The second-order valence-electron chi connectivity index (χ2n) is 3.38. The van der Waals surface area contributed by atoms with Gasteiger partial charge in [-0.3, -0.25) is 4.79 Å². The summed E-state index contributed by atoms with van der Waals surface area (Å²) in [4.78, 5) is 10.4. The molecule has 0 saturated heterocycles. The van der Waals surface area contributed by atoms with Crippen LogP contribution >= 0.6 is 0 Å². The topological polar surface area (TPSA) is 99.1 Å². The summed E-state index contributed by atoms with van der Waals surface area (Å²) < 4.78 is 0. The molecular weight excluding hydrogens is 206 g/mol. The van der Waals surface area contributed by atoms with Crippen molar-refractivity contribution in [3.05, 3.63) is 35.4 Å². The standard InChI is InChI=1S/C11H13N3O2/c12-5-8-1-3-9(4-2-8)6-14-7-10(13)11(15)16/h1-4,10,14H,6-7,13H2,(H,15,16). The van der Waals surface area contributed by atoms with E-state index < -0.39 is 12.0 Å². The van der Waals surface area contributed by atoms with Crippen molar-refractivity contribution >= 4 is 5.97 Å². The molecule has 1 atom stereocenters. The van der Waals surface area contributed by atoms with Gasteiger partial charge in [-0.1, -0.05) is 12.1 Å². The van der Waals surface area contributed by atoms with Crippen LogP contribution in [0.2, 0.25) is 0 Å². The fourth-order valence-electron chi connectivity index (χ4n) is 1.16. The van der Waals surface area contributed by atoms with Crippen molar-refractivity contribution in [2.75, 3.05) is 6.54 Å². The lowest BCUT2D eigenvalue weighted by molar-refractivity contribution is -0.138. The van der Waals surface area contributed by atoms with Crippen molar-refractivity contribution in [3.8, 4) is 6.07 Å². The van der Waals surface area contributed by atoms with E-state index in [1.807, 2.05) is 18.2 Å². The fraction of sp³-hybridized carbons (Fsp3) is 0.273. The highest BCUT2D eigenvalue weighted by Gasteiger charge is 2.09. The molecule has 4 N–H and O–H groups in total. The number of hydrogen-bond donors (Lipinski definition) is 3. The van der Waals surface area contributed by atoms with Gasteiger partial charge in [-0.2, -0.15) is 5.26 Å². The van der Waals surface area contributed by atoms with Gasteiger partial charge in [-0.15, -0.1) is 0 Å². The molecule has 0 fully saturated rings. The van der Waals surface area contributed by atoms with Crippen molar-refractivity contribution in [2.24, 2.45) is 5.73 Å². The Morgan fingerprint density at radius 3 is 2.62 bits per heavy atom. The minimum Gasteiger partial charge on any atom is -0.480 e. The lowest BCUT2D eigenvalue weighted by atomic mass is 10.1. The number of carbonyl (C=O) groups is 1. The molecule has 1 unspecified atom stereocenters. The van der Waals surface area contributed by atoms with E-state index in [4.69, 9.17) is 16.1 Å². The minimum absolute atomic E-state index is 0.218. The summed E-state index contributed by atoms with van der Waals surface area (Å²) in [6.07, 6.45) is 0. The van der Waals surface area contributed by atoms with E-state index in [1.165, 1.54) is 0 Å². The zero-order chi connectivity index (χ0) is 12.0. The number of nitrogens with one attached hydrogen (secondary N) is 1. The van der Waals surface area contributed by atoms with E-state index in [1.54, 1.807) is 12.1 Å². The summed E-state index contributed by atoms with van der Waals surface area (Å²) in [7, 11) is 0. The third-order valence-corrected chi connectivity index (χ3v) is 2.09. The highest BCUT2D eigenvalue weighted by molar-refractivity contribution is 5.73. The molecule has 84 valence electrons. The number of carboxylic acids is 1. The smallest absolute Gasteiger partial charge is 0.321 e. The van der Waals surface area contributed by atoms with E-state index in [0.29, 0.717) is 12.1 Å². The van der Waals surface area contributed by atoms with Crippen LogP contribution in [0, 0.1) is 11.3 Å². The van der Waals surface area contributed by atoms with Crippen molar-refractivity contribution in [1.82, 2.24) is 5.32 Å². The molecule has 0 aliphatic rings. The van der Waals surface area contributed by atoms with Crippen LogP contribution in [-0.4, -0.2) is 23.7 Å². The number of nitriles is 1. The number of hydrogen-bond acceptors (Lipinski definition) is 4. The maximum absolute atomic E-state index is 10.4. The largest absolute Gasteiger partial charge is 0.480 e. The Morgan fingerprint density at radius 2 is 2.12 bits per heavy atom. The first-order valence-corrected chi connectivity index (χ1v) is 4.81.